The molecule has 152 valence electrons. The summed E-state index contributed by atoms with van der Waals surface area (Å²) in [6.07, 6.45) is 4.37. The number of anilines is 1. The van der Waals surface area contributed by atoms with Crippen LogP contribution >= 0.6 is 9.24 Å². The number of alkyl halides is 1. The van der Waals surface area contributed by atoms with E-state index >= 15 is 0 Å². The van der Waals surface area contributed by atoms with Crippen LogP contribution in [0, 0.1) is 0 Å². The van der Waals surface area contributed by atoms with Crippen molar-refractivity contribution < 1.29 is 9.13 Å². The van der Waals surface area contributed by atoms with Crippen molar-refractivity contribution in [3.8, 4) is 11.4 Å². The van der Waals surface area contributed by atoms with Crippen LogP contribution in [0.5, 0.6) is 5.75 Å². The predicted octanol–water partition coefficient (Wildman–Crippen LogP) is 2.99. The molecule has 1 atom stereocenters. The first-order chi connectivity index (χ1) is 14.1. The van der Waals surface area contributed by atoms with Crippen LogP contribution in [-0.2, 0) is 12.8 Å². The summed E-state index contributed by atoms with van der Waals surface area (Å²) in [7, 11) is 6.40. The van der Waals surface area contributed by atoms with Gasteiger partial charge in [-0.25, -0.2) is 9.37 Å². The second-order valence-electron chi connectivity index (χ2n) is 6.60. The lowest BCUT2D eigenvalue weighted by Crippen LogP contribution is -2.29. The highest BCUT2D eigenvalue weighted by Crippen LogP contribution is 2.29. The van der Waals surface area contributed by atoms with E-state index < -0.39 is 6.86 Å². The van der Waals surface area contributed by atoms with E-state index in [2.05, 4.69) is 19.2 Å². The lowest BCUT2D eigenvalue weighted by atomic mass is 9.92. The Morgan fingerprint density at radius 2 is 1.72 bits per heavy atom. The predicted molar refractivity (Wildman–Crippen MR) is 116 cm³/mol. The minimum Gasteiger partial charge on any atom is -0.463 e. The number of ether oxygens (including phenoxy) is 1. The van der Waals surface area contributed by atoms with Crippen LogP contribution in [0.4, 0.5) is 10.1 Å². The lowest BCUT2D eigenvalue weighted by Gasteiger charge is -2.24. The van der Waals surface area contributed by atoms with E-state index in [1.165, 1.54) is 4.57 Å². The molecule has 3 aromatic rings. The highest BCUT2D eigenvalue weighted by atomic mass is 31.0. The number of hydrogen-bond acceptors (Lipinski definition) is 5. The van der Waals surface area contributed by atoms with Gasteiger partial charge in [-0.15, -0.1) is 9.24 Å². The largest absolute Gasteiger partial charge is 0.463 e. The zero-order valence-corrected chi connectivity index (χ0v) is 17.9. The van der Waals surface area contributed by atoms with Crippen LogP contribution in [-0.4, -0.2) is 42.2 Å². The lowest BCUT2D eigenvalue weighted by molar-refractivity contribution is 0.192. The molecule has 1 aliphatic rings. The molecule has 1 aromatic carbocycles. The fourth-order valence-corrected chi connectivity index (χ4v) is 3.43. The highest BCUT2D eigenvalue weighted by Gasteiger charge is 2.24. The Bertz CT molecular complexity index is 1050. The van der Waals surface area contributed by atoms with E-state index in [-0.39, 0.29) is 5.56 Å². The summed E-state index contributed by atoms with van der Waals surface area (Å²) in [5, 5.41) is 0. The monoisotopic (exact) mass is 414 g/mol. The van der Waals surface area contributed by atoms with Crippen molar-refractivity contribution >= 4 is 14.9 Å². The fourth-order valence-electron chi connectivity index (χ4n) is 3.43. The zero-order valence-electron chi connectivity index (χ0n) is 16.7. The summed E-state index contributed by atoms with van der Waals surface area (Å²) >= 11 is 0. The topological polar surface area (TPSA) is 60.3 Å². The maximum atomic E-state index is 13.0. The highest BCUT2D eigenvalue weighted by molar-refractivity contribution is 7.15. The Labute approximate surface area is 171 Å². The summed E-state index contributed by atoms with van der Waals surface area (Å²) in [4.78, 5) is 24.1. The molecule has 0 fully saturated rings. The van der Waals surface area contributed by atoms with Gasteiger partial charge in [0.05, 0.1) is 17.1 Å². The maximum absolute atomic E-state index is 13.0. The molecule has 1 unspecified atom stereocenters. The Kier molecular flexibility index (Phi) is 6.60. The molecule has 0 saturated heterocycles. The van der Waals surface area contributed by atoms with Crippen LogP contribution in [0.1, 0.15) is 22.5 Å². The summed E-state index contributed by atoms with van der Waals surface area (Å²) in [6.45, 7) is 1.03. The zero-order chi connectivity index (χ0) is 21.0. The smallest absolute Gasteiger partial charge is 0.261 e. The summed E-state index contributed by atoms with van der Waals surface area (Å²) in [5.41, 5.74) is 5.13. The van der Waals surface area contributed by atoms with Gasteiger partial charge in [-0.05, 0) is 30.3 Å². The van der Waals surface area contributed by atoms with Gasteiger partial charge in [0, 0.05) is 49.9 Å². The number of rotatable bonds is 4. The molecular weight excluding hydrogens is 390 g/mol. The van der Waals surface area contributed by atoms with E-state index in [1.54, 1.807) is 36.8 Å². The number of pyridine rings is 1. The first-order valence-electron chi connectivity index (χ1n) is 9.19. The van der Waals surface area contributed by atoms with Crippen molar-refractivity contribution in [2.24, 2.45) is 0 Å². The third kappa shape index (κ3) is 4.15. The molecule has 0 aliphatic heterocycles. The molecule has 0 bridgehead atoms. The van der Waals surface area contributed by atoms with Crippen molar-refractivity contribution in [1.82, 2.24) is 14.5 Å². The average Bonchev–Trinajstić information content (AvgIpc) is 2.75. The molecule has 2 heterocycles. The molecule has 0 N–H and O–H groups in total. The average molecular weight is 414 g/mol. The van der Waals surface area contributed by atoms with E-state index in [4.69, 9.17) is 4.74 Å². The number of aromatic nitrogens is 3. The molecule has 2 aromatic heterocycles. The Morgan fingerprint density at radius 1 is 1.07 bits per heavy atom. The first kappa shape index (κ1) is 20.9. The van der Waals surface area contributed by atoms with Crippen LogP contribution < -0.4 is 15.2 Å². The van der Waals surface area contributed by atoms with Gasteiger partial charge in [0.25, 0.3) is 5.56 Å². The Balaban J connectivity index is 0.00000117. The number of halogens is 1. The van der Waals surface area contributed by atoms with Gasteiger partial charge in [-0.3, -0.25) is 14.3 Å². The molecule has 6 nitrogen and oxygen atoms in total. The third-order valence-corrected chi connectivity index (χ3v) is 4.78. The van der Waals surface area contributed by atoms with E-state index in [1.807, 2.05) is 31.7 Å². The minimum atomic E-state index is -0.888. The Morgan fingerprint density at radius 3 is 2.38 bits per heavy atom. The molecule has 8 heteroatoms. The molecule has 1 aliphatic carbocycles. The van der Waals surface area contributed by atoms with Crippen molar-refractivity contribution in [2.75, 3.05) is 32.5 Å². The summed E-state index contributed by atoms with van der Waals surface area (Å²) in [5.74, 6) is 0.412. The summed E-state index contributed by atoms with van der Waals surface area (Å²) in [6, 6.07) is 8.65. The van der Waals surface area contributed by atoms with Gasteiger partial charge in [-0.2, -0.15) is 0 Å². The van der Waals surface area contributed by atoms with Gasteiger partial charge in [0.1, 0.15) is 12.1 Å². The second kappa shape index (κ2) is 9.14. The SMILES string of the molecule is CN(C)c1ccnc2c1Cc1ncn(-c3ccc(OCF)cc3)c(=O)c1C2.CP. The van der Waals surface area contributed by atoms with Crippen molar-refractivity contribution in [1.29, 1.82) is 0 Å². The van der Waals surface area contributed by atoms with Gasteiger partial charge in [-0.1, -0.05) is 6.66 Å². The van der Waals surface area contributed by atoms with Gasteiger partial charge >= 0.3 is 0 Å². The van der Waals surface area contributed by atoms with E-state index in [0.717, 1.165) is 22.6 Å². The standard InChI is InChI=1S/C20H19FN4O2.CH5P/c1-24(2)19-7-8-22-17-10-16-18(9-15(17)19)23-12-25(20(16)26)13-3-5-14(6-4-13)27-11-21;1-2/h3-8,12H,9-11H2,1-2H3;2H2,1H3. The van der Waals surface area contributed by atoms with Crippen LogP contribution in [0.3, 0.4) is 0 Å². The molecule has 0 radical (unpaired) electrons. The van der Waals surface area contributed by atoms with Crippen molar-refractivity contribution in [3.63, 3.8) is 0 Å². The van der Waals surface area contributed by atoms with Crippen molar-refractivity contribution in [3.05, 3.63) is 75.7 Å². The number of benzene rings is 1. The fraction of sp³-hybridized carbons (Fsp3) is 0.286. The second-order valence-corrected chi connectivity index (χ2v) is 6.60. The van der Waals surface area contributed by atoms with Crippen LogP contribution in [0.25, 0.3) is 5.69 Å². The number of hydrogen-bond donors (Lipinski definition) is 0. The maximum Gasteiger partial charge on any atom is 0.261 e. The van der Waals surface area contributed by atoms with Crippen LogP contribution in [0.2, 0.25) is 0 Å². The van der Waals surface area contributed by atoms with Gasteiger partial charge < -0.3 is 9.64 Å². The molecule has 29 heavy (non-hydrogen) atoms. The summed E-state index contributed by atoms with van der Waals surface area (Å²) < 4.78 is 18.6. The van der Waals surface area contributed by atoms with Gasteiger partial charge in [0.2, 0.25) is 6.86 Å². The minimum absolute atomic E-state index is 0.109. The van der Waals surface area contributed by atoms with Crippen LogP contribution in [0.15, 0.2) is 47.7 Å². The molecule has 0 amide bonds. The molecule has 4 rings (SSSR count). The van der Waals surface area contributed by atoms with E-state index in [9.17, 15) is 9.18 Å². The molecule has 0 saturated carbocycles. The Hall–Kier alpha value is -2.79. The molecular formula is C21H24FN4O2P. The third-order valence-electron chi connectivity index (χ3n) is 4.78. The van der Waals surface area contributed by atoms with E-state index in [0.29, 0.717) is 29.8 Å². The van der Waals surface area contributed by atoms with Gasteiger partial charge in [0.15, 0.2) is 0 Å². The normalized spacial score (nSPS) is 11.6. The molecule has 0 spiro atoms. The quantitative estimate of drug-likeness (QED) is 0.481. The number of fused-ring (bicyclic) bond motifs is 2. The number of nitrogens with zero attached hydrogens (tertiary/aromatic N) is 4. The van der Waals surface area contributed by atoms with Crippen molar-refractivity contribution in [2.45, 2.75) is 12.8 Å². The first-order valence-corrected chi connectivity index (χ1v) is 10.3.